The molecule has 3 heterocycles. The van der Waals surface area contributed by atoms with Gasteiger partial charge in [0.25, 0.3) is 5.91 Å². The van der Waals surface area contributed by atoms with Gasteiger partial charge in [0.1, 0.15) is 16.1 Å². The van der Waals surface area contributed by atoms with Crippen molar-refractivity contribution in [1.82, 2.24) is 14.8 Å². The predicted molar refractivity (Wildman–Crippen MR) is 111 cm³/mol. The predicted octanol–water partition coefficient (Wildman–Crippen LogP) is 4.05. The first kappa shape index (κ1) is 17.8. The Balaban J connectivity index is 1.47. The number of rotatable bonds is 4. The molecule has 1 aliphatic carbocycles. The Morgan fingerprint density at radius 2 is 2.04 bits per heavy atom. The lowest BCUT2D eigenvalue weighted by molar-refractivity contribution is -0.133. The Hall–Kier alpha value is -2.31. The second-order valence-electron chi connectivity index (χ2n) is 7.79. The van der Waals surface area contributed by atoms with Crippen molar-refractivity contribution in [1.29, 1.82) is 0 Å². The molecule has 3 aromatic rings. The molecular weight excluding hydrogens is 394 g/mol. The SMILES string of the molecule is C[C@@]1(C(=O)NCc2ccc(Cl)cc2)Cn2c(cc3ccsc32)C(=O)N1C1CC1. The molecule has 2 aromatic heterocycles. The average Bonchev–Trinajstić information content (AvgIpc) is 3.28. The molecule has 1 saturated carbocycles. The summed E-state index contributed by atoms with van der Waals surface area (Å²) in [5.41, 5.74) is 0.758. The minimum atomic E-state index is -0.909. The molecule has 0 radical (unpaired) electrons. The highest BCUT2D eigenvalue weighted by Gasteiger charge is 2.52. The first-order chi connectivity index (χ1) is 13.5. The van der Waals surface area contributed by atoms with Crippen LogP contribution < -0.4 is 5.32 Å². The number of fused-ring (bicyclic) bond motifs is 3. The maximum atomic E-state index is 13.3. The summed E-state index contributed by atoms with van der Waals surface area (Å²) in [6.07, 6.45) is 1.92. The first-order valence-corrected chi connectivity index (χ1v) is 10.7. The Morgan fingerprint density at radius 1 is 1.29 bits per heavy atom. The summed E-state index contributed by atoms with van der Waals surface area (Å²) in [5.74, 6) is -0.159. The number of carbonyl (C=O) groups excluding carboxylic acids is 2. The number of benzene rings is 1. The minimum Gasteiger partial charge on any atom is -0.350 e. The van der Waals surface area contributed by atoms with Gasteiger partial charge in [0, 0.05) is 23.0 Å². The summed E-state index contributed by atoms with van der Waals surface area (Å²) in [6, 6.07) is 11.5. The molecule has 5 nitrogen and oxygen atoms in total. The third-order valence-electron chi connectivity index (χ3n) is 5.71. The van der Waals surface area contributed by atoms with Crippen LogP contribution in [0.3, 0.4) is 0 Å². The zero-order chi connectivity index (χ0) is 19.5. The molecule has 1 atom stereocenters. The Bertz CT molecular complexity index is 1080. The van der Waals surface area contributed by atoms with Crippen LogP contribution in [-0.4, -0.2) is 32.9 Å². The first-order valence-electron chi connectivity index (χ1n) is 9.40. The number of thiophene rings is 1. The molecule has 0 bridgehead atoms. The van der Waals surface area contributed by atoms with Crippen molar-refractivity contribution in [2.75, 3.05) is 0 Å². The standard InChI is InChI=1S/C21H20ClN3O2S/c1-21(20(27)23-11-13-2-4-15(22)5-3-13)12-24-17(10-14-8-9-28-19(14)24)18(26)25(21)16-6-7-16/h2-5,8-10,16H,6-7,11-12H2,1H3,(H,23,27)/t21-/m0/s1. The lowest BCUT2D eigenvalue weighted by Crippen LogP contribution is -2.64. The summed E-state index contributed by atoms with van der Waals surface area (Å²) < 4.78 is 2.02. The van der Waals surface area contributed by atoms with Gasteiger partial charge in [0.05, 0.1) is 6.54 Å². The van der Waals surface area contributed by atoms with Crippen LogP contribution in [0.1, 0.15) is 35.8 Å². The van der Waals surface area contributed by atoms with Gasteiger partial charge in [0.15, 0.2) is 0 Å². The van der Waals surface area contributed by atoms with E-state index >= 15 is 0 Å². The van der Waals surface area contributed by atoms with Crippen molar-refractivity contribution in [2.45, 2.75) is 44.4 Å². The molecule has 2 aliphatic rings. The van der Waals surface area contributed by atoms with E-state index in [1.165, 1.54) is 0 Å². The van der Waals surface area contributed by atoms with Gasteiger partial charge >= 0.3 is 0 Å². The molecule has 1 aliphatic heterocycles. The van der Waals surface area contributed by atoms with Crippen molar-refractivity contribution in [3.05, 3.63) is 58.1 Å². The molecular formula is C21H20ClN3O2S. The lowest BCUT2D eigenvalue weighted by atomic mass is 9.94. The van der Waals surface area contributed by atoms with Crippen LogP contribution in [-0.2, 0) is 17.9 Å². The van der Waals surface area contributed by atoms with E-state index in [1.54, 1.807) is 11.3 Å². The molecule has 0 saturated heterocycles. The zero-order valence-electron chi connectivity index (χ0n) is 15.4. The van der Waals surface area contributed by atoms with E-state index in [-0.39, 0.29) is 17.9 Å². The Kier molecular flexibility index (Phi) is 4.03. The highest BCUT2D eigenvalue weighted by atomic mass is 35.5. The van der Waals surface area contributed by atoms with Gasteiger partial charge in [-0.1, -0.05) is 23.7 Å². The van der Waals surface area contributed by atoms with Crippen LogP contribution in [0.4, 0.5) is 0 Å². The van der Waals surface area contributed by atoms with Crippen molar-refractivity contribution >= 4 is 45.0 Å². The number of nitrogens with zero attached hydrogens (tertiary/aromatic N) is 2. The van der Waals surface area contributed by atoms with Crippen LogP contribution in [0.15, 0.2) is 41.8 Å². The third kappa shape index (κ3) is 2.74. The normalized spacial score (nSPS) is 21.8. The highest BCUT2D eigenvalue weighted by Crippen LogP contribution is 2.40. The molecule has 1 aromatic carbocycles. The Labute approximate surface area is 171 Å². The quantitative estimate of drug-likeness (QED) is 0.701. The fraction of sp³-hybridized carbons (Fsp3) is 0.333. The number of amides is 2. The van der Waals surface area contributed by atoms with Gasteiger partial charge in [-0.15, -0.1) is 11.3 Å². The number of halogens is 1. The van der Waals surface area contributed by atoms with Gasteiger partial charge in [-0.2, -0.15) is 0 Å². The molecule has 28 heavy (non-hydrogen) atoms. The number of carbonyl (C=O) groups is 2. The van der Waals surface area contributed by atoms with E-state index in [4.69, 9.17) is 11.6 Å². The van der Waals surface area contributed by atoms with Crippen molar-refractivity contribution < 1.29 is 9.59 Å². The molecule has 2 amide bonds. The molecule has 1 N–H and O–H groups in total. The van der Waals surface area contributed by atoms with Gasteiger partial charge in [-0.3, -0.25) is 9.59 Å². The fourth-order valence-electron chi connectivity index (χ4n) is 4.10. The van der Waals surface area contributed by atoms with E-state index in [1.807, 2.05) is 58.2 Å². The number of hydrogen-bond acceptors (Lipinski definition) is 3. The molecule has 7 heteroatoms. The lowest BCUT2D eigenvalue weighted by Gasteiger charge is -2.44. The maximum absolute atomic E-state index is 13.3. The van der Waals surface area contributed by atoms with Gasteiger partial charge in [0.2, 0.25) is 5.91 Å². The van der Waals surface area contributed by atoms with E-state index in [0.717, 1.165) is 28.6 Å². The van der Waals surface area contributed by atoms with Gasteiger partial charge in [-0.05, 0) is 55.0 Å². The smallest absolute Gasteiger partial charge is 0.271 e. The summed E-state index contributed by atoms with van der Waals surface area (Å²) in [4.78, 5) is 29.5. The molecule has 1 fully saturated rings. The minimum absolute atomic E-state index is 0.0405. The fourth-order valence-corrected chi connectivity index (χ4v) is 5.12. The van der Waals surface area contributed by atoms with Crippen molar-refractivity contribution in [2.24, 2.45) is 0 Å². The average molecular weight is 414 g/mol. The molecule has 0 unspecified atom stereocenters. The molecule has 5 rings (SSSR count). The largest absolute Gasteiger partial charge is 0.350 e. The van der Waals surface area contributed by atoms with E-state index in [9.17, 15) is 9.59 Å². The summed E-state index contributed by atoms with van der Waals surface area (Å²) >= 11 is 7.55. The highest BCUT2D eigenvalue weighted by molar-refractivity contribution is 7.16. The number of aromatic nitrogens is 1. The third-order valence-corrected chi connectivity index (χ3v) is 6.91. The Morgan fingerprint density at radius 3 is 2.75 bits per heavy atom. The summed E-state index contributed by atoms with van der Waals surface area (Å²) in [6.45, 7) is 2.77. The topological polar surface area (TPSA) is 54.3 Å². The second-order valence-corrected chi connectivity index (χ2v) is 9.12. The van der Waals surface area contributed by atoms with Crippen LogP contribution >= 0.6 is 22.9 Å². The van der Waals surface area contributed by atoms with Crippen LogP contribution in [0.5, 0.6) is 0 Å². The molecule has 144 valence electrons. The summed E-state index contributed by atoms with van der Waals surface area (Å²) in [7, 11) is 0. The second kappa shape index (κ2) is 6.36. The van der Waals surface area contributed by atoms with Gasteiger partial charge < -0.3 is 14.8 Å². The summed E-state index contributed by atoms with van der Waals surface area (Å²) in [5, 5.41) is 6.79. The van der Waals surface area contributed by atoms with E-state index < -0.39 is 5.54 Å². The van der Waals surface area contributed by atoms with Crippen molar-refractivity contribution in [3.8, 4) is 0 Å². The zero-order valence-corrected chi connectivity index (χ0v) is 17.0. The van der Waals surface area contributed by atoms with Crippen LogP contribution in [0, 0.1) is 0 Å². The van der Waals surface area contributed by atoms with Crippen LogP contribution in [0.25, 0.3) is 10.2 Å². The number of hydrogen-bond donors (Lipinski definition) is 1. The van der Waals surface area contributed by atoms with Crippen LogP contribution in [0.2, 0.25) is 5.02 Å². The van der Waals surface area contributed by atoms with E-state index in [0.29, 0.717) is 23.8 Å². The number of nitrogens with one attached hydrogen (secondary N) is 1. The maximum Gasteiger partial charge on any atom is 0.271 e. The van der Waals surface area contributed by atoms with E-state index in [2.05, 4.69) is 5.32 Å². The molecule has 0 spiro atoms. The van der Waals surface area contributed by atoms with Gasteiger partial charge in [-0.25, -0.2) is 0 Å². The van der Waals surface area contributed by atoms with Crippen molar-refractivity contribution in [3.63, 3.8) is 0 Å². The monoisotopic (exact) mass is 413 g/mol.